The van der Waals surface area contributed by atoms with E-state index in [0.29, 0.717) is 5.92 Å². The van der Waals surface area contributed by atoms with E-state index in [1.165, 1.54) is 18.0 Å². The number of hydrogen-bond acceptors (Lipinski definition) is 1. The van der Waals surface area contributed by atoms with Gasteiger partial charge < -0.3 is 0 Å². The molecule has 23 heavy (non-hydrogen) atoms. The molecule has 0 aliphatic heterocycles. The van der Waals surface area contributed by atoms with Crippen molar-refractivity contribution in [3.05, 3.63) is 46.7 Å². The maximum Gasteiger partial charge on any atom is 0.186 e. The van der Waals surface area contributed by atoms with Crippen molar-refractivity contribution in [2.24, 2.45) is 5.92 Å². The van der Waals surface area contributed by atoms with E-state index in [4.69, 9.17) is 0 Å². The molecule has 1 saturated carbocycles. The largest absolute Gasteiger partial charge is 0.289 e. The first kappa shape index (κ1) is 18.0. The molecule has 1 aromatic carbocycles. The monoisotopic (exact) mass is 340 g/mol. The number of hydrogen-bond donors (Lipinski definition) is 0. The number of carbonyl (C=O) groups is 1. The van der Waals surface area contributed by atoms with Crippen molar-refractivity contribution < 1.29 is 4.79 Å². The number of benzene rings is 1. The van der Waals surface area contributed by atoms with Crippen LogP contribution in [0.2, 0.25) is 39.3 Å². The molecule has 1 aliphatic carbocycles. The zero-order chi connectivity index (χ0) is 17.3. The van der Waals surface area contributed by atoms with Crippen LogP contribution in [0.1, 0.15) is 28.8 Å². The van der Waals surface area contributed by atoms with Crippen molar-refractivity contribution in [2.45, 2.75) is 52.1 Å². The lowest BCUT2D eigenvalue weighted by Gasteiger charge is -2.20. The van der Waals surface area contributed by atoms with E-state index < -0.39 is 16.1 Å². The van der Waals surface area contributed by atoms with E-state index in [2.05, 4.69) is 50.7 Å². The van der Waals surface area contributed by atoms with Gasteiger partial charge in [0.2, 0.25) is 0 Å². The molecule has 1 nitrogen and oxygen atoms in total. The summed E-state index contributed by atoms with van der Waals surface area (Å²) in [6.07, 6.45) is 4.44. The van der Waals surface area contributed by atoms with Crippen molar-refractivity contribution in [2.75, 3.05) is 0 Å². The summed E-state index contributed by atoms with van der Waals surface area (Å²) < 4.78 is 0. The lowest BCUT2D eigenvalue weighted by molar-refractivity contribution is 0.104. The van der Waals surface area contributed by atoms with Crippen molar-refractivity contribution >= 4 is 21.9 Å². The van der Waals surface area contributed by atoms with Gasteiger partial charge in [-0.2, -0.15) is 0 Å². The summed E-state index contributed by atoms with van der Waals surface area (Å²) in [7, 11) is -2.89. The van der Waals surface area contributed by atoms with Gasteiger partial charge in [0.15, 0.2) is 5.78 Å². The summed E-state index contributed by atoms with van der Waals surface area (Å²) in [6.45, 7) is 13.7. The molecule has 3 heteroatoms. The fourth-order valence-electron chi connectivity index (χ4n) is 2.62. The standard InChI is InChI=1S/C20H28OSi2/c1-22(2,3)14-13-16-9-7-8-10-18(16)19(21)15-20(17-11-12-17)23(4,5)6/h7-10,15,17H,11-12H2,1-6H3/b20-15+. The molecule has 0 spiro atoms. The highest BCUT2D eigenvalue weighted by atomic mass is 28.3. The second kappa shape index (κ2) is 6.62. The molecule has 0 bridgehead atoms. The topological polar surface area (TPSA) is 17.1 Å². The molecule has 1 aromatic rings. The zero-order valence-corrected chi connectivity index (χ0v) is 17.3. The van der Waals surface area contributed by atoms with E-state index >= 15 is 0 Å². The third kappa shape index (κ3) is 5.33. The quantitative estimate of drug-likeness (QED) is 0.314. The molecule has 0 radical (unpaired) electrons. The molecule has 0 aromatic heterocycles. The van der Waals surface area contributed by atoms with Crippen LogP contribution in [-0.2, 0) is 0 Å². The second-order valence-corrected chi connectivity index (χ2v) is 18.4. The smallest absolute Gasteiger partial charge is 0.186 e. The molecule has 122 valence electrons. The summed E-state index contributed by atoms with van der Waals surface area (Å²) in [5, 5.41) is 1.43. The Hall–Kier alpha value is -1.38. The van der Waals surface area contributed by atoms with Crippen LogP contribution in [0.3, 0.4) is 0 Å². The highest BCUT2D eigenvalue weighted by Gasteiger charge is 2.34. The highest BCUT2D eigenvalue weighted by Crippen LogP contribution is 2.41. The first-order chi connectivity index (χ1) is 10.6. The fraction of sp³-hybridized carbons (Fsp3) is 0.450. The minimum Gasteiger partial charge on any atom is -0.289 e. The molecular weight excluding hydrogens is 312 g/mol. The van der Waals surface area contributed by atoms with Crippen LogP contribution in [0.15, 0.2) is 35.5 Å². The normalized spacial score (nSPS) is 15.8. The molecule has 2 rings (SSSR count). The lowest BCUT2D eigenvalue weighted by atomic mass is 10.0. The number of rotatable bonds is 4. The number of ketones is 1. The number of allylic oxidation sites excluding steroid dienone is 2. The Morgan fingerprint density at radius 1 is 1.09 bits per heavy atom. The van der Waals surface area contributed by atoms with Gasteiger partial charge in [-0.3, -0.25) is 4.79 Å². The molecule has 1 aliphatic rings. The highest BCUT2D eigenvalue weighted by molar-refractivity contribution is 6.84. The third-order valence-corrected chi connectivity index (χ3v) is 7.09. The average Bonchev–Trinajstić information content (AvgIpc) is 3.25. The third-order valence-electron chi connectivity index (χ3n) is 3.93. The Morgan fingerprint density at radius 2 is 1.70 bits per heavy atom. The van der Waals surface area contributed by atoms with Crippen molar-refractivity contribution in [3.63, 3.8) is 0 Å². The Labute approximate surface area is 143 Å². The number of carbonyl (C=O) groups excluding carboxylic acids is 1. The van der Waals surface area contributed by atoms with Gasteiger partial charge in [0.25, 0.3) is 0 Å². The summed E-state index contributed by atoms with van der Waals surface area (Å²) in [6, 6.07) is 7.79. The van der Waals surface area contributed by atoms with Crippen LogP contribution >= 0.6 is 0 Å². The predicted octanol–water partition coefficient (Wildman–Crippen LogP) is 5.31. The Bertz CT molecular complexity index is 687. The van der Waals surface area contributed by atoms with Crippen LogP contribution < -0.4 is 0 Å². The van der Waals surface area contributed by atoms with E-state index in [0.717, 1.165) is 11.1 Å². The van der Waals surface area contributed by atoms with Gasteiger partial charge in [0, 0.05) is 11.1 Å². The molecule has 0 unspecified atom stereocenters. The molecule has 0 N–H and O–H groups in total. The fourth-order valence-corrected chi connectivity index (χ4v) is 5.21. The lowest BCUT2D eigenvalue weighted by Crippen LogP contribution is -2.26. The minimum absolute atomic E-state index is 0.134. The van der Waals surface area contributed by atoms with Crippen LogP contribution in [-0.4, -0.2) is 21.9 Å². The van der Waals surface area contributed by atoms with Crippen molar-refractivity contribution in [1.82, 2.24) is 0 Å². The van der Waals surface area contributed by atoms with Crippen molar-refractivity contribution in [3.8, 4) is 11.5 Å². The van der Waals surface area contributed by atoms with Crippen LogP contribution in [0, 0.1) is 17.4 Å². The summed E-state index contributed by atoms with van der Waals surface area (Å²) in [5.41, 5.74) is 5.01. The van der Waals surface area contributed by atoms with Crippen LogP contribution in [0.25, 0.3) is 0 Å². The van der Waals surface area contributed by atoms with Gasteiger partial charge in [-0.05, 0) is 37.0 Å². The van der Waals surface area contributed by atoms with Gasteiger partial charge >= 0.3 is 0 Å². The minimum atomic E-state index is -1.45. The molecule has 0 atom stereocenters. The Balaban J connectivity index is 2.38. The molecule has 0 amide bonds. The van der Waals surface area contributed by atoms with Gasteiger partial charge in [0.05, 0.1) is 8.07 Å². The summed E-state index contributed by atoms with van der Waals surface area (Å²) in [5.74, 6) is 4.06. The predicted molar refractivity (Wildman–Crippen MR) is 105 cm³/mol. The van der Waals surface area contributed by atoms with Gasteiger partial charge in [0.1, 0.15) is 8.07 Å². The van der Waals surface area contributed by atoms with E-state index in [-0.39, 0.29) is 5.78 Å². The summed E-state index contributed by atoms with van der Waals surface area (Å²) >= 11 is 0. The van der Waals surface area contributed by atoms with Crippen molar-refractivity contribution in [1.29, 1.82) is 0 Å². The van der Waals surface area contributed by atoms with Gasteiger partial charge in [-0.1, -0.05) is 62.5 Å². The molecule has 0 saturated heterocycles. The molecule has 0 heterocycles. The van der Waals surface area contributed by atoms with Gasteiger partial charge in [-0.15, -0.1) is 5.54 Å². The van der Waals surface area contributed by atoms with E-state index in [1.54, 1.807) is 0 Å². The zero-order valence-electron chi connectivity index (χ0n) is 15.3. The first-order valence-electron chi connectivity index (χ1n) is 8.46. The van der Waals surface area contributed by atoms with Gasteiger partial charge in [-0.25, -0.2) is 0 Å². The summed E-state index contributed by atoms with van der Waals surface area (Å²) in [4.78, 5) is 12.9. The maximum absolute atomic E-state index is 12.9. The molecule has 1 fully saturated rings. The Kier molecular flexibility index (Phi) is 5.18. The van der Waals surface area contributed by atoms with Crippen LogP contribution in [0.5, 0.6) is 0 Å². The first-order valence-corrected chi connectivity index (χ1v) is 15.5. The van der Waals surface area contributed by atoms with E-state index in [1.807, 2.05) is 30.3 Å². The SMILES string of the molecule is C[Si](C)(C)C#Cc1ccccc1C(=O)/C=C(\C1CC1)[Si](C)(C)C. The maximum atomic E-state index is 12.9. The molecular formula is C20H28OSi2. The van der Waals surface area contributed by atoms with E-state index in [9.17, 15) is 4.79 Å². The second-order valence-electron chi connectivity index (χ2n) is 8.53. The average molecular weight is 341 g/mol. The van der Waals surface area contributed by atoms with Crippen LogP contribution in [0.4, 0.5) is 0 Å². The Morgan fingerprint density at radius 3 is 2.22 bits per heavy atom.